The summed E-state index contributed by atoms with van der Waals surface area (Å²) in [6.07, 6.45) is 5.63. The van der Waals surface area contributed by atoms with Crippen LogP contribution in [0.1, 0.15) is 25.5 Å². The van der Waals surface area contributed by atoms with Crippen LogP contribution in [0.4, 0.5) is 5.13 Å². The van der Waals surface area contributed by atoms with Crippen molar-refractivity contribution < 1.29 is 19.1 Å². The van der Waals surface area contributed by atoms with Crippen LogP contribution in [-0.4, -0.2) is 61.7 Å². The van der Waals surface area contributed by atoms with E-state index in [1.807, 2.05) is 16.7 Å². The first-order valence-electron chi connectivity index (χ1n) is 10.6. The van der Waals surface area contributed by atoms with E-state index in [1.165, 1.54) is 23.1 Å². The third-order valence-electron chi connectivity index (χ3n) is 4.83. The van der Waals surface area contributed by atoms with Gasteiger partial charge in [0.1, 0.15) is 0 Å². The lowest BCUT2D eigenvalue weighted by atomic mass is 10.2. The maximum Gasteiger partial charge on any atom is 0.311 e. The summed E-state index contributed by atoms with van der Waals surface area (Å²) in [5.74, 6) is 0.313. The number of thioether (sulfide) groups is 1. The van der Waals surface area contributed by atoms with Crippen LogP contribution >= 0.6 is 23.1 Å². The number of pyridine rings is 1. The van der Waals surface area contributed by atoms with Crippen molar-refractivity contribution >= 4 is 40.1 Å². The Bertz CT molecular complexity index is 1080. The Balaban J connectivity index is 1.39. The summed E-state index contributed by atoms with van der Waals surface area (Å²) in [4.78, 5) is 32.4. The lowest BCUT2D eigenvalue weighted by Gasteiger charge is -2.14. The van der Waals surface area contributed by atoms with Gasteiger partial charge in [0.25, 0.3) is 0 Å². The van der Waals surface area contributed by atoms with E-state index in [4.69, 9.17) is 9.47 Å². The molecule has 1 saturated heterocycles. The van der Waals surface area contributed by atoms with Crippen molar-refractivity contribution in [2.24, 2.45) is 0 Å². The Kier molecular flexibility index (Phi) is 8.02. The van der Waals surface area contributed by atoms with E-state index < -0.39 is 0 Å². The first kappa shape index (κ1) is 23.3. The summed E-state index contributed by atoms with van der Waals surface area (Å²) in [6.45, 7) is 3.46. The molecule has 1 fully saturated rings. The number of esters is 1. The Morgan fingerprint density at radius 2 is 2.18 bits per heavy atom. The number of hydrogen-bond acceptors (Lipinski definition) is 10. The Hall–Kier alpha value is -2.83. The normalized spacial score (nSPS) is 15.5. The number of rotatable bonds is 10. The fraction of sp³-hybridized carbons (Fsp3) is 0.429. The molecule has 4 heterocycles. The van der Waals surface area contributed by atoms with Crippen LogP contribution in [0.3, 0.4) is 0 Å². The van der Waals surface area contributed by atoms with Crippen LogP contribution in [0.5, 0.6) is 0 Å². The van der Waals surface area contributed by atoms with Gasteiger partial charge in [-0.15, -0.1) is 21.5 Å². The molecule has 0 bridgehead atoms. The molecule has 1 aliphatic rings. The van der Waals surface area contributed by atoms with Gasteiger partial charge in [-0.25, -0.2) is 4.98 Å². The van der Waals surface area contributed by atoms with Gasteiger partial charge in [0, 0.05) is 29.9 Å². The minimum absolute atomic E-state index is 0.0824. The topological polar surface area (TPSA) is 121 Å². The molecule has 33 heavy (non-hydrogen) atoms. The second kappa shape index (κ2) is 11.3. The minimum Gasteiger partial charge on any atom is -0.466 e. The van der Waals surface area contributed by atoms with Gasteiger partial charge in [-0.1, -0.05) is 11.8 Å². The molecule has 1 N–H and O–H groups in total. The number of amides is 1. The van der Waals surface area contributed by atoms with Crippen LogP contribution in [0.15, 0.2) is 35.1 Å². The van der Waals surface area contributed by atoms with Gasteiger partial charge in [0.2, 0.25) is 5.91 Å². The summed E-state index contributed by atoms with van der Waals surface area (Å²) in [7, 11) is 0. The highest BCUT2D eigenvalue weighted by molar-refractivity contribution is 7.99. The average molecular weight is 489 g/mol. The second-order valence-electron chi connectivity index (χ2n) is 7.25. The number of hydrogen-bond donors (Lipinski definition) is 1. The zero-order chi connectivity index (χ0) is 23.0. The third kappa shape index (κ3) is 6.36. The van der Waals surface area contributed by atoms with Crippen LogP contribution in [0, 0.1) is 0 Å². The number of thiazole rings is 1. The molecule has 4 rings (SSSR count). The number of nitrogens with one attached hydrogen (secondary N) is 1. The van der Waals surface area contributed by atoms with Crippen LogP contribution in [0.2, 0.25) is 0 Å². The van der Waals surface area contributed by atoms with E-state index in [2.05, 4.69) is 25.5 Å². The van der Waals surface area contributed by atoms with E-state index in [9.17, 15) is 9.59 Å². The Labute approximate surface area is 199 Å². The van der Waals surface area contributed by atoms with Crippen LogP contribution in [-0.2, 0) is 32.0 Å². The highest BCUT2D eigenvalue weighted by Gasteiger charge is 2.22. The zero-order valence-corrected chi connectivity index (χ0v) is 19.7. The van der Waals surface area contributed by atoms with Gasteiger partial charge in [-0.05, 0) is 31.9 Å². The molecule has 12 heteroatoms. The van der Waals surface area contributed by atoms with E-state index in [0.29, 0.717) is 29.1 Å². The number of nitrogens with zero attached hydrogens (tertiary/aromatic N) is 5. The zero-order valence-electron chi connectivity index (χ0n) is 18.1. The Morgan fingerprint density at radius 3 is 2.94 bits per heavy atom. The molecule has 174 valence electrons. The molecule has 0 unspecified atom stereocenters. The fourth-order valence-corrected chi connectivity index (χ4v) is 4.83. The summed E-state index contributed by atoms with van der Waals surface area (Å²) < 4.78 is 12.7. The highest BCUT2D eigenvalue weighted by atomic mass is 32.2. The van der Waals surface area contributed by atoms with Gasteiger partial charge in [-0.2, -0.15) is 0 Å². The van der Waals surface area contributed by atoms with Crippen LogP contribution < -0.4 is 5.32 Å². The van der Waals surface area contributed by atoms with E-state index in [-0.39, 0.29) is 30.2 Å². The lowest BCUT2D eigenvalue weighted by molar-refractivity contribution is -0.142. The number of carbonyl (C=O) groups is 2. The van der Waals surface area contributed by atoms with Crippen molar-refractivity contribution in [3.8, 4) is 11.4 Å². The van der Waals surface area contributed by atoms with Gasteiger partial charge in [0.05, 0.1) is 37.1 Å². The molecule has 0 saturated carbocycles. The largest absolute Gasteiger partial charge is 0.466 e. The second-order valence-corrected chi connectivity index (χ2v) is 9.05. The monoisotopic (exact) mass is 488 g/mol. The number of aromatic nitrogens is 5. The number of carbonyl (C=O) groups excluding carboxylic acids is 2. The van der Waals surface area contributed by atoms with Gasteiger partial charge >= 0.3 is 5.97 Å². The van der Waals surface area contributed by atoms with Crippen molar-refractivity contribution in [3.05, 3.63) is 35.6 Å². The van der Waals surface area contributed by atoms with Crippen molar-refractivity contribution in [1.82, 2.24) is 24.7 Å². The molecular weight excluding hydrogens is 464 g/mol. The van der Waals surface area contributed by atoms with Crippen molar-refractivity contribution in [3.63, 3.8) is 0 Å². The fourth-order valence-electron chi connectivity index (χ4n) is 3.36. The molecule has 0 radical (unpaired) electrons. The van der Waals surface area contributed by atoms with Crippen LogP contribution in [0.25, 0.3) is 11.4 Å². The van der Waals surface area contributed by atoms with Gasteiger partial charge in [-0.3, -0.25) is 19.1 Å². The molecular formula is C21H24N6O4S2. The summed E-state index contributed by atoms with van der Waals surface area (Å²) in [5, 5.41) is 14.3. The predicted molar refractivity (Wildman–Crippen MR) is 124 cm³/mol. The first-order valence-corrected chi connectivity index (χ1v) is 12.5. The van der Waals surface area contributed by atoms with Gasteiger partial charge < -0.3 is 14.8 Å². The molecule has 1 atom stereocenters. The lowest BCUT2D eigenvalue weighted by Crippen LogP contribution is -2.18. The maximum absolute atomic E-state index is 12.5. The number of ether oxygens (including phenoxy) is 2. The molecule has 0 aliphatic carbocycles. The summed E-state index contributed by atoms with van der Waals surface area (Å²) in [6, 6.07) is 3.76. The molecule has 1 aliphatic heterocycles. The van der Waals surface area contributed by atoms with E-state index in [1.54, 1.807) is 24.7 Å². The predicted octanol–water partition coefficient (Wildman–Crippen LogP) is 2.81. The first-order chi connectivity index (χ1) is 16.1. The molecule has 1 amide bonds. The van der Waals surface area contributed by atoms with Crippen molar-refractivity contribution in [2.45, 2.75) is 44.0 Å². The summed E-state index contributed by atoms with van der Waals surface area (Å²) >= 11 is 2.58. The van der Waals surface area contributed by atoms with Gasteiger partial charge in [0.15, 0.2) is 16.1 Å². The standard InChI is InChI=1S/C21H24N6O4S2/c1-2-30-18(29)10-15-12-32-20(23-15)24-17(28)13-33-21-26-25-19(14-5-7-22-8-6-14)27(21)11-16-4-3-9-31-16/h5-8,12,16H,2-4,9-11,13H2,1H3,(H,23,24,28)/t16-/m1/s1. The highest BCUT2D eigenvalue weighted by Crippen LogP contribution is 2.26. The van der Waals surface area contributed by atoms with Crippen molar-refractivity contribution in [2.75, 3.05) is 24.3 Å². The molecule has 3 aromatic rings. The minimum atomic E-state index is -0.341. The molecule has 10 nitrogen and oxygen atoms in total. The number of anilines is 1. The summed E-state index contributed by atoms with van der Waals surface area (Å²) in [5.41, 5.74) is 1.48. The molecule has 3 aromatic heterocycles. The molecule has 0 aromatic carbocycles. The van der Waals surface area contributed by atoms with E-state index >= 15 is 0 Å². The Morgan fingerprint density at radius 1 is 1.33 bits per heavy atom. The average Bonchev–Trinajstić information content (AvgIpc) is 3.56. The van der Waals surface area contributed by atoms with Crippen molar-refractivity contribution in [1.29, 1.82) is 0 Å². The molecule has 0 spiro atoms. The quantitative estimate of drug-likeness (QED) is 0.339. The maximum atomic E-state index is 12.5. The SMILES string of the molecule is CCOC(=O)Cc1csc(NC(=O)CSc2nnc(-c3ccncc3)n2C[C@H]2CCCO2)n1. The third-order valence-corrected chi connectivity index (χ3v) is 6.60. The van der Waals surface area contributed by atoms with E-state index in [0.717, 1.165) is 30.8 Å². The smallest absolute Gasteiger partial charge is 0.311 e.